The molecule has 0 bridgehead atoms. The number of nitrogens with one attached hydrogen (secondary N) is 1. The molecular weight excluding hydrogens is 430 g/mol. The van der Waals surface area contributed by atoms with Crippen molar-refractivity contribution >= 4 is 34.3 Å². The van der Waals surface area contributed by atoms with Gasteiger partial charge in [0.05, 0.1) is 5.52 Å². The molecule has 33 heavy (non-hydrogen) atoms. The molecule has 1 saturated heterocycles. The van der Waals surface area contributed by atoms with Gasteiger partial charge >= 0.3 is 0 Å². The van der Waals surface area contributed by atoms with Gasteiger partial charge in [0.1, 0.15) is 5.82 Å². The maximum atomic E-state index is 6.36. The highest BCUT2D eigenvalue weighted by Crippen LogP contribution is 2.25. The van der Waals surface area contributed by atoms with Gasteiger partial charge in [-0.1, -0.05) is 72.3 Å². The summed E-state index contributed by atoms with van der Waals surface area (Å²) in [4.78, 5) is 14.6. The van der Waals surface area contributed by atoms with Crippen LogP contribution in [0.1, 0.15) is 11.1 Å². The number of fused-ring (bicyclic) bond motifs is 1. The van der Waals surface area contributed by atoms with Crippen molar-refractivity contribution in [2.75, 3.05) is 42.9 Å². The van der Waals surface area contributed by atoms with E-state index in [2.05, 4.69) is 63.6 Å². The molecule has 1 aromatic heterocycles. The number of hydrogen-bond acceptors (Lipinski definition) is 5. The molecule has 0 amide bonds. The average Bonchev–Trinajstić information content (AvgIpc) is 2.86. The minimum Gasteiger partial charge on any atom is -0.369 e. The Balaban J connectivity index is 1.28. The Bertz CT molecular complexity index is 1210. The smallest absolute Gasteiger partial charge is 0.227 e. The number of hydrogen-bond donors (Lipinski definition) is 1. The normalized spacial score (nSPS) is 14.5. The zero-order valence-electron chi connectivity index (χ0n) is 18.6. The lowest BCUT2D eigenvalue weighted by Gasteiger charge is -2.35. The molecule has 0 saturated carbocycles. The van der Waals surface area contributed by atoms with Crippen LogP contribution in [-0.2, 0) is 13.0 Å². The second kappa shape index (κ2) is 10.2. The van der Waals surface area contributed by atoms with Gasteiger partial charge in [0.25, 0.3) is 0 Å². The number of nitrogens with zero attached hydrogens (tertiary/aromatic N) is 4. The molecule has 5 nitrogen and oxygen atoms in total. The van der Waals surface area contributed by atoms with Gasteiger partial charge in [0.2, 0.25) is 5.95 Å². The van der Waals surface area contributed by atoms with E-state index >= 15 is 0 Å². The molecule has 0 spiro atoms. The molecule has 0 aliphatic carbocycles. The Morgan fingerprint density at radius 3 is 2.33 bits per heavy atom. The lowest BCUT2D eigenvalue weighted by molar-refractivity contribution is 0.249. The number of rotatable bonds is 7. The number of aromatic nitrogens is 2. The summed E-state index contributed by atoms with van der Waals surface area (Å²) in [6.07, 6.45) is 0.954. The fourth-order valence-electron chi connectivity index (χ4n) is 4.28. The highest BCUT2D eigenvalue weighted by atomic mass is 35.5. The number of halogens is 1. The summed E-state index contributed by atoms with van der Waals surface area (Å²) in [6.45, 7) is 5.41. The lowest BCUT2D eigenvalue weighted by atomic mass is 10.1. The van der Waals surface area contributed by atoms with E-state index in [4.69, 9.17) is 21.6 Å². The zero-order chi connectivity index (χ0) is 22.5. The molecule has 3 aromatic carbocycles. The molecule has 2 heterocycles. The molecule has 1 aliphatic rings. The Morgan fingerprint density at radius 2 is 1.52 bits per heavy atom. The van der Waals surface area contributed by atoms with E-state index in [-0.39, 0.29) is 0 Å². The molecular formula is C27H28ClN5. The first-order valence-corrected chi connectivity index (χ1v) is 11.9. The van der Waals surface area contributed by atoms with Crippen LogP contribution in [0.2, 0.25) is 5.02 Å². The monoisotopic (exact) mass is 457 g/mol. The van der Waals surface area contributed by atoms with Crippen molar-refractivity contribution in [2.24, 2.45) is 0 Å². The Kier molecular flexibility index (Phi) is 6.70. The highest BCUT2D eigenvalue weighted by Gasteiger charge is 2.21. The summed E-state index contributed by atoms with van der Waals surface area (Å²) in [6, 6.07) is 26.9. The van der Waals surface area contributed by atoms with Crippen LogP contribution in [0, 0.1) is 0 Å². The van der Waals surface area contributed by atoms with Crippen molar-refractivity contribution in [1.29, 1.82) is 0 Å². The van der Waals surface area contributed by atoms with Crippen LogP contribution in [0.3, 0.4) is 0 Å². The van der Waals surface area contributed by atoms with Gasteiger partial charge in [-0.25, -0.2) is 4.98 Å². The second-order valence-corrected chi connectivity index (χ2v) is 8.81. The average molecular weight is 458 g/mol. The number of anilines is 2. The van der Waals surface area contributed by atoms with Gasteiger partial charge in [-0.2, -0.15) is 4.98 Å². The number of para-hydroxylation sites is 1. The van der Waals surface area contributed by atoms with Crippen molar-refractivity contribution in [1.82, 2.24) is 14.9 Å². The van der Waals surface area contributed by atoms with Crippen molar-refractivity contribution in [3.8, 4) is 0 Å². The maximum absolute atomic E-state index is 6.36. The van der Waals surface area contributed by atoms with E-state index in [0.29, 0.717) is 0 Å². The highest BCUT2D eigenvalue weighted by molar-refractivity contribution is 6.31. The molecule has 0 atom stereocenters. The van der Waals surface area contributed by atoms with Crippen LogP contribution in [0.5, 0.6) is 0 Å². The molecule has 1 fully saturated rings. The maximum Gasteiger partial charge on any atom is 0.227 e. The van der Waals surface area contributed by atoms with Gasteiger partial charge in [-0.3, -0.25) is 4.90 Å². The predicted molar refractivity (Wildman–Crippen MR) is 137 cm³/mol. The standard InChI is InChI=1S/C27H28ClN5/c28-24-12-6-4-10-22(24)20-32-16-18-33(19-17-32)27-30-25-13-7-5-11-23(25)26(31-27)29-15-14-21-8-2-1-3-9-21/h1-13H,14-20H2,(H,29,30,31). The van der Waals surface area contributed by atoms with Crippen molar-refractivity contribution in [3.63, 3.8) is 0 Å². The Labute approximate surface area is 200 Å². The van der Waals surface area contributed by atoms with Crippen LogP contribution in [0.15, 0.2) is 78.9 Å². The summed E-state index contributed by atoms with van der Waals surface area (Å²) in [5, 5.41) is 5.46. The summed E-state index contributed by atoms with van der Waals surface area (Å²) in [7, 11) is 0. The molecule has 4 aromatic rings. The van der Waals surface area contributed by atoms with E-state index in [1.807, 2.05) is 30.3 Å². The van der Waals surface area contributed by atoms with Crippen LogP contribution in [0.4, 0.5) is 11.8 Å². The van der Waals surface area contributed by atoms with Crippen LogP contribution >= 0.6 is 11.6 Å². The van der Waals surface area contributed by atoms with E-state index in [9.17, 15) is 0 Å². The molecule has 1 N–H and O–H groups in total. The largest absolute Gasteiger partial charge is 0.369 e. The van der Waals surface area contributed by atoms with E-state index in [1.165, 1.54) is 11.1 Å². The summed E-state index contributed by atoms with van der Waals surface area (Å²) in [5.41, 5.74) is 3.47. The third kappa shape index (κ3) is 5.27. The Hall–Kier alpha value is -3.15. The van der Waals surface area contributed by atoms with Gasteiger partial charge in [-0.05, 0) is 35.7 Å². The second-order valence-electron chi connectivity index (χ2n) is 8.41. The molecule has 168 valence electrons. The van der Waals surface area contributed by atoms with Gasteiger partial charge in [-0.15, -0.1) is 0 Å². The van der Waals surface area contributed by atoms with Gasteiger partial charge < -0.3 is 10.2 Å². The quantitative estimate of drug-likeness (QED) is 0.410. The first-order valence-electron chi connectivity index (χ1n) is 11.5. The first-order chi connectivity index (χ1) is 16.3. The zero-order valence-corrected chi connectivity index (χ0v) is 19.4. The summed E-state index contributed by atoms with van der Waals surface area (Å²) < 4.78 is 0. The molecule has 5 rings (SSSR count). The van der Waals surface area contributed by atoms with Crippen molar-refractivity contribution in [3.05, 3.63) is 95.0 Å². The lowest BCUT2D eigenvalue weighted by Crippen LogP contribution is -2.46. The third-order valence-electron chi connectivity index (χ3n) is 6.15. The Morgan fingerprint density at radius 1 is 0.788 bits per heavy atom. The van der Waals surface area contributed by atoms with Crippen LogP contribution in [0.25, 0.3) is 10.9 Å². The minimum atomic E-state index is 0.799. The fourth-order valence-corrected chi connectivity index (χ4v) is 4.48. The van der Waals surface area contributed by atoms with Crippen LogP contribution in [-0.4, -0.2) is 47.6 Å². The predicted octanol–water partition coefficient (Wildman–Crippen LogP) is 5.26. The number of benzene rings is 3. The summed E-state index contributed by atoms with van der Waals surface area (Å²) >= 11 is 6.36. The third-order valence-corrected chi connectivity index (χ3v) is 6.52. The van der Waals surface area contributed by atoms with Crippen molar-refractivity contribution in [2.45, 2.75) is 13.0 Å². The SMILES string of the molecule is Clc1ccccc1CN1CCN(c2nc(NCCc3ccccc3)c3ccccc3n2)CC1. The summed E-state index contributed by atoms with van der Waals surface area (Å²) in [5.74, 6) is 1.71. The van der Waals surface area contributed by atoms with E-state index < -0.39 is 0 Å². The molecule has 0 unspecified atom stereocenters. The molecule has 0 radical (unpaired) electrons. The van der Waals surface area contributed by atoms with E-state index in [1.54, 1.807) is 0 Å². The van der Waals surface area contributed by atoms with E-state index in [0.717, 1.165) is 73.4 Å². The first kappa shape index (κ1) is 21.7. The van der Waals surface area contributed by atoms with Crippen molar-refractivity contribution < 1.29 is 0 Å². The number of piperazine rings is 1. The molecule has 6 heteroatoms. The minimum absolute atomic E-state index is 0.799. The molecule has 1 aliphatic heterocycles. The topological polar surface area (TPSA) is 44.3 Å². The fraction of sp³-hybridized carbons (Fsp3) is 0.259. The van der Waals surface area contributed by atoms with Gasteiger partial charge in [0.15, 0.2) is 0 Å². The van der Waals surface area contributed by atoms with Gasteiger partial charge in [0, 0.05) is 49.7 Å². The van der Waals surface area contributed by atoms with Crippen LogP contribution < -0.4 is 10.2 Å².